The summed E-state index contributed by atoms with van der Waals surface area (Å²) in [6.45, 7) is 2.00. The number of hydrogen-bond acceptors (Lipinski definition) is 5. The molecule has 3 rings (SSSR count). The highest BCUT2D eigenvalue weighted by Crippen LogP contribution is 2.19. The Bertz CT molecular complexity index is 810. The minimum atomic E-state index is -0.424. The molecule has 6 heteroatoms. The van der Waals surface area contributed by atoms with Crippen molar-refractivity contribution in [3.63, 3.8) is 0 Å². The van der Waals surface area contributed by atoms with Crippen LogP contribution in [0.2, 0.25) is 0 Å². The fourth-order valence-electron chi connectivity index (χ4n) is 2.14. The zero-order valence-electron chi connectivity index (χ0n) is 11.9. The predicted molar refractivity (Wildman–Crippen MR) is 80.4 cm³/mol. The molecule has 0 fully saturated rings. The number of hydrogen-bond donors (Lipinski definition) is 0. The Balaban J connectivity index is 1.78. The van der Waals surface area contributed by atoms with E-state index >= 15 is 0 Å². The second-order valence-electron chi connectivity index (χ2n) is 4.98. The van der Waals surface area contributed by atoms with E-state index in [0.29, 0.717) is 18.1 Å². The largest absolute Gasteiger partial charge is 0.339 e. The Kier molecular flexibility index (Phi) is 3.65. The summed E-state index contributed by atoms with van der Waals surface area (Å²) in [4.78, 5) is 14.6. The van der Waals surface area contributed by atoms with Crippen LogP contribution in [0.4, 0.5) is 5.69 Å². The summed E-state index contributed by atoms with van der Waals surface area (Å²) in [6.07, 6.45) is 0.441. The van der Waals surface area contributed by atoms with Crippen LogP contribution in [0.15, 0.2) is 53.1 Å². The molecule has 110 valence electrons. The van der Waals surface area contributed by atoms with Crippen molar-refractivity contribution in [2.45, 2.75) is 13.3 Å². The normalized spacial score (nSPS) is 10.6. The molecule has 0 aliphatic carbocycles. The SMILES string of the molecule is Cc1cccc(-c2noc(Cc3ccc([N+](=O)[O-])cc3)n2)c1. The summed E-state index contributed by atoms with van der Waals surface area (Å²) in [5.41, 5.74) is 2.97. The molecule has 22 heavy (non-hydrogen) atoms. The van der Waals surface area contributed by atoms with Crippen LogP contribution in [0.1, 0.15) is 17.0 Å². The van der Waals surface area contributed by atoms with Crippen LogP contribution in [0, 0.1) is 17.0 Å². The first-order valence-electron chi connectivity index (χ1n) is 6.75. The van der Waals surface area contributed by atoms with Crippen molar-refractivity contribution in [1.82, 2.24) is 10.1 Å². The van der Waals surface area contributed by atoms with E-state index in [2.05, 4.69) is 10.1 Å². The molecule has 0 aliphatic rings. The Morgan fingerprint density at radius 1 is 1.18 bits per heavy atom. The number of aromatic nitrogens is 2. The topological polar surface area (TPSA) is 82.1 Å². The molecule has 0 bridgehead atoms. The van der Waals surface area contributed by atoms with Crippen LogP contribution in [0.25, 0.3) is 11.4 Å². The zero-order valence-corrected chi connectivity index (χ0v) is 11.9. The molecule has 0 aliphatic heterocycles. The average molecular weight is 295 g/mol. The molecule has 0 atom stereocenters. The molecule has 1 aromatic heterocycles. The van der Waals surface area contributed by atoms with Gasteiger partial charge in [0.05, 0.1) is 11.3 Å². The van der Waals surface area contributed by atoms with Crippen LogP contribution in [0.5, 0.6) is 0 Å². The standard InChI is InChI=1S/C16H13N3O3/c1-11-3-2-4-13(9-11)16-17-15(22-18-16)10-12-5-7-14(8-6-12)19(20)21/h2-9H,10H2,1H3. The molecule has 0 saturated heterocycles. The summed E-state index contributed by atoms with van der Waals surface area (Å²) in [7, 11) is 0. The maximum Gasteiger partial charge on any atom is 0.269 e. The highest BCUT2D eigenvalue weighted by molar-refractivity contribution is 5.55. The molecule has 2 aromatic carbocycles. The smallest absolute Gasteiger partial charge is 0.269 e. The van der Waals surface area contributed by atoms with Crippen molar-refractivity contribution >= 4 is 5.69 Å². The Morgan fingerprint density at radius 3 is 2.64 bits per heavy atom. The van der Waals surface area contributed by atoms with E-state index in [0.717, 1.165) is 16.7 Å². The van der Waals surface area contributed by atoms with E-state index in [-0.39, 0.29) is 5.69 Å². The molecule has 0 unspecified atom stereocenters. The summed E-state index contributed by atoms with van der Waals surface area (Å²) in [5.74, 6) is 1.02. The van der Waals surface area contributed by atoms with Crippen molar-refractivity contribution in [1.29, 1.82) is 0 Å². The van der Waals surface area contributed by atoms with Gasteiger partial charge in [-0.3, -0.25) is 10.1 Å². The lowest BCUT2D eigenvalue weighted by atomic mass is 10.1. The van der Waals surface area contributed by atoms with Crippen molar-refractivity contribution in [3.8, 4) is 11.4 Å². The molecule has 0 radical (unpaired) electrons. The van der Waals surface area contributed by atoms with Gasteiger partial charge >= 0.3 is 0 Å². The maximum absolute atomic E-state index is 10.6. The van der Waals surface area contributed by atoms with Crippen LogP contribution >= 0.6 is 0 Å². The summed E-state index contributed by atoms with van der Waals surface area (Å²) in [5, 5.41) is 14.6. The molecule has 6 nitrogen and oxygen atoms in total. The summed E-state index contributed by atoms with van der Waals surface area (Å²) >= 11 is 0. The van der Waals surface area contributed by atoms with Crippen molar-refractivity contribution in [2.24, 2.45) is 0 Å². The monoisotopic (exact) mass is 295 g/mol. The minimum Gasteiger partial charge on any atom is -0.339 e. The van der Waals surface area contributed by atoms with Crippen LogP contribution < -0.4 is 0 Å². The number of aryl methyl sites for hydroxylation is 1. The molecule has 0 N–H and O–H groups in total. The van der Waals surface area contributed by atoms with Crippen molar-refractivity contribution in [3.05, 3.63) is 75.7 Å². The minimum absolute atomic E-state index is 0.0646. The number of non-ortho nitro benzene ring substituents is 1. The number of nitro groups is 1. The molecule has 1 heterocycles. The molecule has 0 spiro atoms. The molecular formula is C16H13N3O3. The Morgan fingerprint density at radius 2 is 1.95 bits per heavy atom. The fraction of sp³-hybridized carbons (Fsp3) is 0.125. The first-order valence-corrected chi connectivity index (χ1v) is 6.75. The van der Waals surface area contributed by atoms with Gasteiger partial charge in [0.15, 0.2) is 0 Å². The van der Waals surface area contributed by atoms with Gasteiger partial charge in [-0.1, -0.05) is 41.1 Å². The van der Waals surface area contributed by atoms with Crippen molar-refractivity contribution in [2.75, 3.05) is 0 Å². The zero-order chi connectivity index (χ0) is 15.5. The van der Waals surface area contributed by atoms with Crippen molar-refractivity contribution < 1.29 is 9.45 Å². The first-order chi connectivity index (χ1) is 10.6. The van der Waals surface area contributed by atoms with Gasteiger partial charge in [0.25, 0.3) is 5.69 Å². The molecule has 0 saturated carbocycles. The highest BCUT2D eigenvalue weighted by atomic mass is 16.6. The highest BCUT2D eigenvalue weighted by Gasteiger charge is 2.10. The number of nitro benzene ring substituents is 1. The Hall–Kier alpha value is -3.02. The van der Waals surface area contributed by atoms with Gasteiger partial charge < -0.3 is 4.52 Å². The van der Waals surface area contributed by atoms with Gasteiger partial charge in [-0.15, -0.1) is 0 Å². The van der Waals surface area contributed by atoms with E-state index < -0.39 is 4.92 Å². The Labute approximate surface area is 126 Å². The van der Waals surface area contributed by atoms with Gasteiger partial charge in [-0.25, -0.2) is 0 Å². The molecule has 0 amide bonds. The summed E-state index contributed by atoms with van der Waals surface area (Å²) < 4.78 is 5.25. The third-order valence-corrected chi connectivity index (χ3v) is 3.25. The third-order valence-electron chi connectivity index (χ3n) is 3.25. The quantitative estimate of drug-likeness (QED) is 0.543. The summed E-state index contributed by atoms with van der Waals surface area (Å²) in [6, 6.07) is 14.2. The lowest BCUT2D eigenvalue weighted by molar-refractivity contribution is -0.384. The van der Waals surface area contributed by atoms with Gasteiger partial charge in [0.1, 0.15) is 0 Å². The van der Waals surface area contributed by atoms with E-state index in [9.17, 15) is 10.1 Å². The first kappa shape index (κ1) is 13.9. The fourth-order valence-corrected chi connectivity index (χ4v) is 2.14. The van der Waals surface area contributed by atoms with Crippen LogP contribution in [-0.4, -0.2) is 15.1 Å². The van der Waals surface area contributed by atoms with Crippen LogP contribution in [0.3, 0.4) is 0 Å². The second kappa shape index (κ2) is 5.77. The van der Waals surface area contributed by atoms with E-state index in [4.69, 9.17) is 4.52 Å². The lowest BCUT2D eigenvalue weighted by Crippen LogP contribution is -1.91. The maximum atomic E-state index is 10.6. The molecule has 3 aromatic rings. The van der Waals surface area contributed by atoms with Crippen LogP contribution in [-0.2, 0) is 6.42 Å². The van der Waals surface area contributed by atoms with Gasteiger partial charge in [0, 0.05) is 17.7 Å². The van der Waals surface area contributed by atoms with E-state index in [1.807, 2.05) is 31.2 Å². The molecular weight excluding hydrogens is 282 g/mol. The number of nitrogens with zero attached hydrogens (tertiary/aromatic N) is 3. The van der Waals surface area contributed by atoms with E-state index in [1.54, 1.807) is 12.1 Å². The van der Waals surface area contributed by atoms with Gasteiger partial charge in [-0.05, 0) is 18.6 Å². The average Bonchev–Trinajstić information content (AvgIpc) is 2.96. The second-order valence-corrected chi connectivity index (χ2v) is 4.98. The third kappa shape index (κ3) is 3.01. The number of benzene rings is 2. The van der Waals surface area contributed by atoms with Gasteiger partial charge in [-0.2, -0.15) is 4.98 Å². The lowest BCUT2D eigenvalue weighted by Gasteiger charge is -1.96. The van der Waals surface area contributed by atoms with E-state index in [1.165, 1.54) is 12.1 Å². The predicted octanol–water partition coefficient (Wildman–Crippen LogP) is 3.54. The van der Waals surface area contributed by atoms with Gasteiger partial charge in [0.2, 0.25) is 11.7 Å². The number of rotatable bonds is 4.